The number of aromatic nitrogens is 2. The molecule has 1 fully saturated rings. The zero-order valence-corrected chi connectivity index (χ0v) is 17.4. The van der Waals surface area contributed by atoms with Crippen LogP contribution in [0.4, 0.5) is 19.1 Å². The second kappa shape index (κ2) is 10.00. The van der Waals surface area contributed by atoms with Crippen LogP contribution < -0.4 is 10.1 Å². The Kier molecular flexibility index (Phi) is 7.62. The molecule has 0 aliphatic carbocycles. The van der Waals surface area contributed by atoms with Crippen LogP contribution in [-0.4, -0.2) is 58.4 Å². The van der Waals surface area contributed by atoms with Crippen LogP contribution >= 0.6 is 23.2 Å². The third-order valence-electron chi connectivity index (χ3n) is 4.67. The highest BCUT2D eigenvalue weighted by Gasteiger charge is 2.33. The molecule has 3 rings (SSSR count). The standard InChI is InChI=1S/C19H21Cl2F3N4O2/c20-15-2-1-14(9-16(15)21)30-11-13(29)10-28-7-4-12(5-8-28)26-18-25-6-3-17(27-18)19(22,23)24/h1-3,6,9,12-13,29H,4-5,7-8,10-11H2,(H,25,26,27). The highest BCUT2D eigenvalue weighted by Crippen LogP contribution is 2.28. The Morgan fingerprint density at radius 1 is 1.20 bits per heavy atom. The predicted molar refractivity (Wildman–Crippen MR) is 108 cm³/mol. The van der Waals surface area contributed by atoms with Gasteiger partial charge in [0.2, 0.25) is 5.95 Å². The summed E-state index contributed by atoms with van der Waals surface area (Å²) in [6.45, 7) is 1.89. The minimum absolute atomic E-state index is 0.0293. The lowest BCUT2D eigenvalue weighted by atomic mass is 10.0. The van der Waals surface area contributed by atoms with Crippen molar-refractivity contribution in [3.05, 3.63) is 46.2 Å². The molecule has 6 nitrogen and oxygen atoms in total. The molecule has 0 bridgehead atoms. The smallest absolute Gasteiger partial charge is 0.433 e. The maximum absolute atomic E-state index is 12.8. The lowest BCUT2D eigenvalue weighted by Crippen LogP contribution is -2.43. The first-order valence-corrected chi connectivity index (χ1v) is 10.1. The van der Waals surface area contributed by atoms with Crippen LogP contribution in [0.5, 0.6) is 5.75 Å². The van der Waals surface area contributed by atoms with Gasteiger partial charge >= 0.3 is 6.18 Å². The van der Waals surface area contributed by atoms with Gasteiger partial charge in [0.25, 0.3) is 0 Å². The normalized spacial score (nSPS) is 17.0. The molecule has 0 spiro atoms. The number of hydrogen-bond donors (Lipinski definition) is 2. The first-order chi connectivity index (χ1) is 14.2. The molecule has 1 aromatic heterocycles. The van der Waals surface area contributed by atoms with E-state index in [1.54, 1.807) is 18.2 Å². The van der Waals surface area contributed by atoms with Gasteiger partial charge < -0.3 is 20.1 Å². The molecule has 2 aromatic rings. The Bertz CT molecular complexity index is 849. The Labute approximate surface area is 182 Å². The fourth-order valence-corrected chi connectivity index (χ4v) is 3.43. The molecule has 1 aromatic carbocycles. The van der Waals surface area contributed by atoms with Crippen LogP contribution in [0.1, 0.15) is 18.5 Å². The Morgan fingerprint density at radius 2 is 1.93 bits per heavy atom. The van der Waals surface area contributed by atoms with E-state index >= 15 is 0 Å². The van der Waals surface area contributed by atoms with E-state index in [0.717, 1.165) is 12.3 Å². The average Bonchev–Trinajstić information content (AvgIpc) is 2.70. The summed E-state index contributed by atoms with van der Waals surface area (Å²) in [5, 5.41) is 14.0. The van der Waals surface area contributed by atoms with Gasteiger partial charge in [0, 0.05) is 37.9 Å². The van der Waals surface area contributed by atoms with E-state index in [2.05, 4.69) is 20.2 Å². The summed E-state index contributed by atoms with van der Waals surface area (Å²) in [6, 6.07) is 5.69. The Morgan fingerprint density at radius 3 is 2.60 bits per heavy atom. The molecule has 164 valence electrons. The molecule has 11 heteroatoms. The van der Waals surface area contributed by atoms with Gasteiger partial charge in [-0.1, -0.05) is 23.2 Å². The van der Waals surface area contributed by atoms with Crippen LogP contribution in [0.25, 0.3) is 0 Å². The van der Waals surface area contributed by atoms with Gasteiger partial charge in [-0.05, 0) is 31.0 Å². The van der Waals surface area contributed by atoms with Gasteiger partial charge in [0.1, 0.15) is 24.2 Å². The second-order valence-electron chi connectivity index (χ2n) is 7.02. The van der Waals surface area contributed by atoms with Gasteiger partial charge in [-0.3, -0.25) is 0 Å². The van der Waals surface area contributed by atoms with Gasteiger partial charge in [-0.2, -0.15) is 13.2 Å². The van der Waals surface area contributed by atoms with Crippen molar-refractivity contribution in [3.63, 3.8) is 0 Å². The van der Waals surface area contributed by atoms with Gasteiger partial charge in [0.05, 0.1) is 10.0 Å². The molecule has 0 saturated carbocycles. The Hall–Kier alpha value is -1.81. The first-order valence-electron chi connectivity index (χ1n) is 9.36. The van der Waals surface area contributed by atoms with Gasteiger partial charge in [-0.25, -0.2) is 9.97 Å². The summed E-state index contributed by atoms with van der Waals surface area (Å²) in [5.74, 6) is 0.491. The van der Waals surface area contributed by atoms with Crippen molar-refractivity contribution in [1.82, 2.24) is 14.9 Å². The maximum Gasteiger partial charge on any atom is 0.433 e. The zero-order valence-electron chi connectivity index (χ0n) is 15.9. The van der Waals surface area contributed by atoms with Crippen molar-refractivity contribution < 1.29 is 23.0 Å². The molecule has 1 unspecified atom stereocenters. The number of β-amino-alcohol motifs (C(OH)–C–C–N with tert-alkyl or cyclic N) is 1. The van der Waals surface area contributed by atoms with E-state index in [4.69, 9.17) is 27.9 Å². The number of ether oxygens (including phenoxy) is 1. The van der Waals surface area contributed by atoms with E-state index < -0.39 is 18.0 Å². The van der Waals surface area contributed by atoms with Gasteiger partial charge in [0.15, 0.2) is 0 Å². The molecule has 30 heavy (non-hydrogen) atoms. The van der Waals surface area contributed by atoms with Crippen molar-refractivity contribution in [1.29, 1.82) is 0 Å². The monoisotopic (exact) mass is 464 g/mol. The van der Waals surface area contributed by atoms with E-state index in [9.17, 15) is 18.3 Å². The third kappa shape index (κ3) is 6.60. The minimum atomic E-state index is -4.50. The third-order valence-corrected chi connectivity index (χ3v) is 5.41. The number of benzene rings is 1. The molecule has 1 saturated heterocycles. The van der Waals surface area contributed by atoms with Crippen LogP contribution in [0, 0.1) is 0 Å². The number of rotatable bonds is 7. The number of halogens is 5. The number of nitrogens with one attached hydrogen (secondary N) is 1. The maximum atomic E-state index is 12.8. The summed E-state index contributed by atoms with van der Waals surface area (Å²) >= 11 is 11.8. The predicted octanol–water partition coefficient (Wildman–Crippen LogP) is 4.12. The molecular formula is C19H21Cl2F3N4O2. The number of hydrogen-bond acceptors (Lipinski definition) is 6. The van der Waals surface area contributed by atoms with Crippen molar-refractivity contribution in [2.24, 2.45) is 0 Å². The summed E-state index contributed by atoms with van der Waals surface area (Å²) in [5.41, 5.74) is -0.970. The topological polar surface area (TPSA) is 70.5 Å². The highest BCUT2D eigenvalue weighted by atomic mass is 35.5. The molecule has 0 radical (unpaired) electrons. The number of aliphatic hydroxyl groups is 1. The minimum Gasteiger partial charge on any atom is -0.491 e. The van der Waals surface area contributed by atoms with Crippen LogP contribution in [0.15, 0.2) is 30.5 Å². The summed E-state index contributed by atoms with van der Waals surface area (Å²) < 4.78 is 43.8. The SMILES string of the molecule is OC(COc1ccc(Cl)c(Cl)c1)CN1CCC(Nc2nccc(C(F)(F)F)n2)CC1. The summed E-state index contributed by atoms with van der Waals surface area (Å²) in [7, 11) is 0. The molecule has 0 amide bonds. The molecule has 1 atom stereocenters. The summed E-state index contributed by atoms with van der Waals surface area (Å²) in [4.78, 5) is 9.48. The highest BCUT2D eigenvalue weighted by molar-refractivity contribution is 6.42. The number of piperidine rings is 1. The quantitative estimate of drug-likeness (QED) is 0.642. The number of aliphatic hydroxyl groups excluding tert-OH is 1. The number of nitrogens with zero attached hydrogens (tertiary/aromatic N) is 3. The largest absolute Gasteiger partial charge is 0.491 e. The molecular weight excluding hydrogens is 444 g/mol. The lowest BCUT2D eigenvalue weighted by Gasteiger charge is -2.33. The molecule has 1 aliphatic rings. The first kappa shape index (κ1) is 22.9. The van der Waals surface area contributed by atoms with Crippen LogP contribution in [0.2, 0.25) is 10.0 Å². The number of likely N-dealkylation sites (tertiary alicyclic amines) is 1. The second-order valence-corrected chi connectivity index (χ2v) is 7.84. The zero-order chi connectivity index (χ0) is 21.7. The number of anilines is 1. The molecule has 2 heterocycles. The van der Waals surface area contributed by atoms with Crippen molar-refractivity contribution in [2.75, 3.05) is 31.6 Å². The lowest BCUT2D eigenvalue weighted by molar-refractivity contribution is -0.141. The molecule has 1 aliphatic heterocycles. The summed E-state index contributed by atoms with van der Waals surface area (Å²) in [6.07, 6.45) is -2.72. The van der Waals surface area contributed by atoms with Crippen LogP contribution in [-0.2, 0) is 6.18 Å². The molecule has 2 N–H and O–H groups in total. The van der Waals surface area contributed by atoms with Gasteiger partial charge in [-0.15, -0.1) is 0 Å². The fraction of sp³-hybridized carbons (Fsp3) is 0.474. The van der Waals surface area contributed by atoms with Crippen molar-refractivity contribution >= 4 is 29.2 Å². The fourth-order valence-electron chi connectivity index (χ4n) is 3.14. The van der Waals surface area contributed by atoms with E-state index in [1.807, 2.05) is 0 Å². The average molecular weight is 465 g/mol. The van der Waals surface area contributed by atoms with Crippen molar-refractivity contribution in [2.45, 2.75) is 31.2 Å². The number of alkyl halides is 3. The van der Waals surface area contributed by atoms with E-state index in [-0.39, 0.29) is 18.6 Å². The Balaban J connectivity index is 1.41. The van der Waals surface area contributed by atoms with Crippen LogP contribution in [0.3, 0.4) is 0 Å². The van der Waals surface area contributed by atoms with E-state index in [0.29, 0.717) is 48.3 Å². The van der Waals surface area contributed by atoms with E-state index in [1.165, 1.54) is 0 Å². The van der Waals surface area contributed by atoms with Crippen molar-refractivity contribution in [3.8, 4) is 5.75 Å².